The van der Waals surface area contributed by atoms with Crippen LogP contribution >= 0.6 is 34.8 Å². The third-order valence-corrected chi connectivity index (χ3v) is 3.79. The zero-order valence-corrected chi connectivity index (χ0v) is 15.9. The first-order chi connectivity index (χ1) is 12.0. The number of aliphatic hydroxyl groups is 1. The molecule has 1 fully saturated rings. The number of allylic oxidation sites excluding steroid dienone is 1. The molecule has 26 heavy (non-hydrogen) atoms. The molecule has 0 spiro atoms. The van der Waals surface area contributed by atoms with E-state index in [1.165, 1.54) is 0 Å². The Kier molecular flexibility index (Phi) is 8.26. The molecule has 0 aliphatic carbocycles. The molecule has 2 unspecified atom stereocenters. The summed E-state index contributed by atoms with van der Waals surface area (Å²) in [6, 6.07) is -1.37. The highest BCUT2D eigenvalue weighted by atomic mass is 35.6. The van der Waals surface area contributed by atoms with Crippen molar-refractivity contribution in [1.82, 2.24) is 0 Å². The van der Waals surface area contributed by atoms with Crippen molar-refractivity contribution in [2.75, 3.05) is 6.61 Å². The topological polar surface area (TPSA) is 140 Å². The molecule has 13 heteroatoms. The molecule has 1 heterocycles. The lowest BCUT2D eigenvalue weighted by Crippen LogP contribution is -2.60. The Bertz CT molecular complexity index is 606. The van der Waals surface area contributed by atoms with Gasteiger partial charge in [-0.1, -0.05) is 46.5 Å². The van der Waals surface area contributed by atoms with Crippen LogP contribution in [0.3, 0.4) is 0 Å². The van der Waals surface area contributed by atoms with Crippen LogP contribution in [0.2, 0.25) is 0 Å². The van der Waals surface area contributed by atoms with Crippen LogP contribution in [0.25, 0.3) is 10.4 Å². The Morgan fingerprint density at radius 1 is 1.31 bits per heavy atom. The van der Waals surface area contributed by atoms with Gasteiger partial charge >= 0.3 is 11.9 Å². The summed E-state index contributed by atoms with van der Waals surface area (Å²) in [5, 5.41) is 13.8. The summed E-state index contributed by atoms with van der Waals surface area (Å²) in [5.41, 5.74) is 8.72. The lowest BCUT2D eigenvalue weighted by Gasteiger charge is -2.42. The quantitative estimate of drug-likeness (QED) is 0.169. The van der Waals surface area contributed by atoms with E-state index in [-0.39, 0.29) is 12.4 Å². The van der Waals surface area contributed by atoms with Gasteiger partial charge in [0.05, 0.1) is 0 Å². The van der Waals surface area contributed by atoms with Crippen LogP contribution in [-0.4, -0.2) is 58.1 Å². The SMILES string of the molecule is C=C(O[C@@H]1OC(COC(C)=O)[C@H](OC(C)=O)C(O)[C@@H]1N=[N+]=[N-])C(Cl)(Cl)Cl. The third-order valence-electron chi connectivity index (χ3n) is 3.15. The molecule has 10 nitrogen and oxygen atoms in total. The van der Waals surface area contributed by atoms with Gasteiger partial charge in [-0.05, 0) is 5.53 Å². The van der Waals surface area contributed by atoms with Crippen LogP contribution in [0.4, 0.5) is 0 Å². The van der Waals surface area contributed by atoms with E-state index < -0.39 is 46.4 Å². The fraction of sp³-hybridized carbons (Fsp3) is 0.692. The van der Waals surface area contributed by atoms with Crippen molar-refractivity contribution in [2.24, 2.45) is 5.11 Å². The van der Waals surface area contributed by atoms with Gasteiger partial charge in [0.1, 0.15) is 30.6 Å². The van der Waals surface area contributed by atoms with Crippen molar-refractivity contribution in [3.63, 3.8) is 0 Å². The van der Waals surface area contributed by atoms with Crippen LogP contribution in [-0.2, 0) is 28.5 Å². The number of rotatable bonds is 6. The predicted molar refractivity (Wildman–Crippen MR) is 90.3 cm³/mol. The second-order valence-corrected chi connectivity index (χ2v) is 7.43. The second-order valence-electron chi connectivity index (χ2n) is 5.14. The third kappa shape index (κ3) is 6.39. The Morgan fingerprint density at radius 2 is 1.92 bits per heavy atom. The van der Waals surface area contributed by atoms with Crippen molar-refractivity contribution in [1.29, 1.82) is 0 Å². The summed E-state index contributed by atoms with van der Waals surface area (Å²) in [5.74, 6) is -1.74. The molecule has 0 aromatic carbocycles. The van der Waals surface area contributed by atoms with Crippen molar-refractivity contribution in [2.45, 2.75) is 48.3 Å². The van der Waals surface area contributed by atoms with Crippen LogP contribution in [0.5, 0.6) is 0 Å². The lowest BCUT2D eigenvalue weighted by atomic mass is 9.97. The fourth-order valence-electron chi connectivity index (χ4n) is 2.06. The molecule has 0 aromatic rings. The maximum atomic E-state index is 11.3. The number of alkyl halides is 3. The highest BCUT2D eigenvalue weighted by Crippen LogP contribution is 2.37. The molecule has 146 valence electrons. The normalized spacial score (nSPS) is 28.5. The number of nitrogens with zero attached hydrogens (tertiary/aromatic N) is 3. The molecule has 1 N–H and O–H groups in total. The smallest absolute Gasteiger partial charge is 0.303 e. The maximum absolute atomic E-state index is 11.3. The second kappa shape index (κ2) is 9.50. The first-order valence-electron chi connectivity index (χ1n) is 7.08. The predicted octanol–water partition coefficient (Wildman–Crippen LogP) is 2.15. The van der Waals surface area contributed by atoms with Crippen LogP contribution in [0, 0.1) is 0 Å². The van der Waals surface area contributed by atoms with Gasteiger partial charge in [-0.25, -0.2) is 0 Å². The Morgan fingerprint density at radius 3 is 2.38 bits per heavy atom. The van der Waals surface area contributed by atoms with Crippen LogP contribution in [0.15, 0.2) is 17.5 Å². The molecule has 0 bridgehead atoms. The minimum Gasteiger partial charge on any atom is -0.465 e. The fourth-order valence-corrected chi connectivity index (χ4v) is 2.20. The van der Waals surface area contributed by atoms with Gasteiger partial charge in [0, 0.05) is 18.8 Å². The number of hydrogen-bond donors (Lipinski definition) is 1. The summed E-state index contributed by atoms with van der Waals surface area (Å²) in [6.07, 6.45) is -5.45. The average Bonchev–Trinajstić information content (AvgIpc) is 2.50. The molecular formula is C13H16Cl3N3O7. The molecule has 0 amide bonds. The van der Waals surface area contributed by atoms with E-state index in [2.05, 4.69) is 16.6 Å². The molecule has 1 saturated heterocycles. The number of carbonyl (C=O) groups is 2. The average molecular weight is 433 g/mol. The minimum absolute atomic E-state index is 0.366. The molecule has 0 saturated carbocycles. The van der Waals surface area contributed by atoms with E-state index in [0.717, 1.165) is 13.8 Å². The van der Waals surface area contributed by atoms with Gasteiger partial charge in [0.2, 0.25) is 10.1 Å². The number of halogens is 3. The number of azide groups is 1. The summed E-state index contributed by atoms with van der Waals surface area (Å²) < 4.78 is 18.6. The molecule has 1 aliphatic rings. The largest absolute Gasteiger partial charge is 0.465 e. The molecule has 1 rings (SSSR count). The van der Waals surface area contributed by atoms with E-state index in [0.29, 0.717) is 0 Å². The first-order valence-corrected chi connectivity index (χ1v) is 8.21. The minimum atomic E-state index is -2.02. The van der Waals surface area contributed by atoms with Gasteiger partial charge in [-0.2, -0.15) is 0 Å². The Balaban J connectivity index is 3.12. The van der Waals surface area contributed by atoms with Crippen molar-refractivity contribution in [3.05, 3.63) is 22.8 Å². The lowest BCUT2D eigenvalue weighted by molar-refractivity contribution is -0.261. The van der Waals surface area contributed by atoms with E-state index >= 15 is 0 Å². The van der Waals surface area contributed by atoms with E-state index in [1.54, 1.807) is 0 Å². The summed E-state index contributed by atoms with van der Waals surface area (Å²) in [4.78, 5) is 24.9. The standard InChI is InChI=1S/C13H16Cl3N3O7/c1-5(13(14,15)16)24-12-9(18-19-17)10(22)11(25-7(3)21)8(26-12)4-23-6(2)20/h8-12,22H,1,4H2,2-3H3/t8?,9-,10?,11-,12+/m0/s1. The van der Waals surface area contributed by atoms with Crippen LogP contribution < -0.4 is 0 Å². The van der Waals surface area contributed by atoms with Gasteiger partial charge in [-0.3, -0.25) is 9.59 Å². The van der Waals surface area contributed by atoms with Crippen LogP contribution in [0.1, 0.15) is 13.8 Å². The summed E-state index contributed by atoms with van der Waals surface area (Å²) in [6.45, 7) is 5.30. The molecule has 0 radical (unpaired) electrons. The number of ether oxygens (including phenoxy) is 4. The highest BCUT2D eigenvalue weighted by Gasteiger charge is 2.49. The molecule has 1 aliphatic heterocycles. The van der Waals surface area contributed by atoms with E-state index in [1.807, 2.05) is 0 Å². The monoisotopic (exact) mass is 431 g/mol. The summed E-state index contributed by atoms with van der Waals surface area (Å²) >= 11 is 16.9. The number of esters is 2. The zero-order valence-electron chi connectivity index (χ0n) is 13.7. The number of carbonyl (C=O) groups excluding carboxylic acids is 2. The molecule has 0 aromatic heterocycles. The number of hydrogen-bond acceptors (Lipinski definition) is 8. The highest BCUT2D eigenvalue weighted by molar-refractivity contribution is 6.69. The van der Waals surface area contributed by atoms with E-state index in [9.17, 15) is 14.7 Å². The van der Waals surface area contributed by atoms with Gasteiger partial charge in [-0.15, -0.1) is 0 Å². The molecular weight excluding hydrogens is 417 g/mol. The van der Waals surface area contributed by atoms with Crippen molar-refractivity contribution < 1.29 is 33.6 Å². The van der Waals surface area contributed by atoms with Crippen molar-refractivity contribution >= 4 is 46.7 Å². The Hall–Kier alpha value is -1.42. The van der Waals surface area contributed by atoms with Gasteiger partial charge in [0.15, 0.2) is 6.10 Å². The van der Waals surface area contributed by atoms with Gasteiger partial charge < -0.3 is 24.1 Å². The maximum Gasteiger partial charge on any atom is 0.303 e. The van der Waals surface area contributed by atoms with Gasteiger partial charge in [0.25, 0.3) is 0 Å². The Labute approximate surface area is 163 Å². The van der Waals surface area contributed by atoms with E-state index in [4.69, 9.17) is 59.3 Å². The van der Waals surface area contributed by atoms with Crippen molar-refractivity contribution in [3.8, 4) is 0 Å². The molecule has 5 atom stereocenters. The summed E-state index contributed by atoms with van der Waals surface area (Å²) in [7, 11) is 0. The first kappa shape index (κ1) is 22.6. The zero-order chi connectivity index (χ0) is 20.1. The number of aliphatic hydroxyl groups excluding tert-OH is 1.